The first-order chi connectivity index (χ1) is 10.5. The first-order valence-corrected chi connectivity index (χ1v) is 8.19. The zero-order chi connectivity index (χ0) is 15.7. The lowest BCUT2D eigenvalue weighted by Crippen LogP contribution is -2.37. The average molecular weight is 320 g/mol. The lowest BCUT2D eigenvalue weighted by molar-refractivity contribution is 0.152. The van der Waals surface area contributed by atoms with Crippen LogP contribution in [0.25, 0.3) is 5.69 Å². The van der Waals surface area contributed by atoms with Gasteiger partial charge in [0, 0.05) is 30.0 Å². The Morgan fingerprint density at radius 3 is 2.45 bits per heavy atom. The fourth-order valence-electron chi connectivity index (χ4n) is 3.04. The third-order valence-electron chi connectivity index (χ3n) is 4.45. The number of imidazole rings is 1. The topological polar surface area (TPSA) is 30.2 Å². The van der Waals surface area contributed by atoms with Crippen molar-refractivity contribution in [3.63, 3.8) is 0 Å². The standard InChI is InChI=1S/C17H22ClN3O/c1-13-7-9-19(10-8-13)12-20-11-14(2)21(17(20)22)16-5-3-15(18)4-6-16/h3-6,11,13H,7-10,12H2,1-2H3. The van der Waals surface area contributed by atoms with Crippen LogP contribution >= 0.6 is 11.6 Å². The van der Waals surface area contributed by atoms with Gasteiger partial charge in [-0.05, 0) is 49.9 Å². The second-order valence-corrected chi connectivity index (χ2v) is 6.71. The summed E-state index contributed by atoms with van der Waals surface area (Å²) in [7, 11) is 0. The Morgan fingerprint density at radius 1 is 1.18 bits per heavy atom. The molecule has 1 fully saturated rings. The Balaban J connectivity index is 1.84. The van der Waals surface area contributed by atoms with E-state index >= 15 is 0 Å². The first kappa shape index (κ1) is 15.4. The quantitative estimate of drug-likeness (QED) is 0.869. The zero-order valence-electron chi connectivity index (χ0n) is 13.1. The van der Waals surface area contributed by atoms with Crippen molar-refractivity contribution in [2.24, 2.45) is 5.92 Å². The van der Waals surface area contributed by atoms with E-state index in [2.05, 4.69) is 11.8 Å². The van der Waals surface area contributed by atoms with Crippen LogP contribution in [0.15, 0.2) is 35.3 Å². The minimum absolute atomic E-state index is 0.0124. The average Bonchev–Trinajstić information content (AvgIpc) is 2.77. The van der Waals surface area contributed by atoms with E-state index in [1.165, 1.54) is 12.8 Å². The fourth-order valence-corrected chi connectivity index (χ4v) is 3.17. The molecule has 0 spiro atoms. The third-order valence-corrected chi connectivity index (χ3v) is 4.70. The summed E-state index contributed by atoms with van der Waals surface area (Å²) in [6.45, 7) is 7.07. The molecule has 0 unspecified atom stereocenters. The molecule has 22 heavy (non-hydrogen) atoms. The minimum Gasteiger partial charge on any atom is -0.286 e. The zero-order valence-corrected chi connectivity index (χ0v) is 13.9. The number of piperidine rings is 1. The summed E-state index contributed by atoms with van der Waals surface area (Å²) in [6.07, 6.45) is 4.37. The van der Waals surface area contributed by atoms with Crippen molar-refractivity contribution < 1.29 is 0 Å². The molecule has 0 saturated carbocycles. The predicted molar refractivity (Wildman–Crippen MR) is 89.7 cm³/mol. The smallest absolute Gasteiger partial charge is 0.286 e. The van der Waals surface area contributed by atoms with Gasteiger partial charge in [-0.25, -0.2) is 4.79 Å². The molecular weight excluding hydrogens is 298 g/mol. The number of aryl methyl sites for hydroxylation is 1. The maximum Gasteiger partial charge on any atom is 0.334 e. The van der Waals surface area contributed by atoms with Crippen molar-refractivity contribution in [3.8, 4) is 5.69 Å². The van der Waals surface area contributed by atoms with Crippen LogP contribution in [0.2, 0.25) is 5.02 Å². The number of halogens is 1. The Hall–Kier alpha value is -1.52. The molecule has 0 amide bonds. The van der Waals surface area contributed by atoms with Gasteiger partial charge in [0.05, 0.1) is 12.4 Å². The van der Waals surface area contributed by atoms with E-state index in [-0.39, 0.29) is 5.69 Å². The van der Waals surface area contributed by atoms with E-state index in [0.717, 1.165) is 30.4 Å². The number of nitrogens with zero attached hydrogens (tertiary/aromatic N) is 3. The van der Waals surface area contributed by atoms with Gasteiger partial charge in [0.25, 0.3) is 0 Å². The van der Waals surface area contributed by atoms with E-state index in [4.69, 9.17) is 11.6 Å². The van der Waals surface area contributed by atoms with Crippen molar-refractivity contribution in [3.05, 3.63) is 51.7 Å². The molecule has 0 radical (unpaired) electrons. The molecule has 1 aromatic heterocycles. The van der Waals surface area contributed by atoms with Crippen molar-refractivity contribution in [2.45, 2.75) is 33.4 Å². The molecule has 1 aromatic carbocycles. The van der Waals surface area contributed by atoms with Crippen molar-refractivity contribution in [2.75, 3.05) is 13.1 Å². The van der Waals surface area contributed by atoms with Gasteiger partial charge in [-0.2, -0.15) is 0 Å². The molecule has 5 heteroatoms. The number of aromatic nitrogens is 2. The number of hydrogen-bond donors (Lipinski definition) is 0. The van der Waals surface area contributed by atoms with Gasteiger partial charge >= 0.3 is 5.69 Å². The minimum atomic E-state index is 0.0124. The van der Waals surface area contributed by atoms with Crippen molar-refractivity contribution >= 4 is 11.6 Å². The molecule has 0 N–H and O–H groups in total. The normalized spacial score (nSPS) is 17.0. The van der Waals surface area contributed by atoms with Crippen LogP contribution in [0.1, 0.15) is 25.5 Å². The van der Waals surface area contributed by atoms with Crippen molar-refractivity contribution in [1.29, 1.82) is 0 Å². The van der Waals surface area contributed by atoms with Crippen LogP contribution in [-0.2, 0) is 6.67 Å². The van der Waals surface area contributed by atoms with E-state index in [9.17, 15) is 4.79 Å². The highest BCUT2D eigenvalue weighted by Gasteiger charge is 2.18. The summed E-state index contributed by atoms with van der Waals surface area (Å²) in [5.41, 5.74) is 1.81. The van der Waals surface area contributed by atoms with E-state index in [1.54, 1.807) is 9.13 Å². The van der Waals surface area contributed by atoms with Crippen LogP contribution in [0, 0.1) is 12.8 Å². The highest BCUT2D eigenvalue weighted by Crippen LogP contribution is 2.17. The van der Waals surface area contributed by atoms with Gasteiger partial charge in [-0.3, -0.25) is 14.0 Å². The molecular formula is C17H22ClN3O. The van der Waals surface area contributed by atoms with Gasteiger partial charge in [0.1, 0.15) is 0 Å². The Kier molecular flexibility index (Phi) is 4.41. The summed E-state index contributed by atoms with van der Waals surface area (Å²) in [5, 5.41) is 0.677. The maximum absolute atomic E-state index is 12.7. The first-order valence-electron chi connectivity index (χ1n) is 7.81. The molecule has 0 bridgehead atoms. The molecule has 1 aliphatic rings. The molecule has 1 saturated heterocycles. The predicted octanol–water partition coefficient (Wildman–Crippen LogP) is 3.29. The maximum atomic E-state index is 12.7. The van der Waals surface area contributed by atoms with Gasteiger partial charge in [0.15, 0.2) is 0 Å². The van der Waals surface area contributed by atoms with Gasteiger partial charge in [-0.15, -0.1) is 0 Å². The monoisotopic (exact) mass is 319 g/mol. The van der Waals surface area contributed by atoms with Crippen LogP contribution in [0.3, 0.4) is 0 Å². The summed E-state index contributed by atoms with van der Waals surface area (Å²) >= 11 is 5.93. The SMILES string of the molecule is Cc1cn(CN2CCC(C)CC2)c(=O)n1-c1ccc(Cl)cc1. The number of hydrogen-bond acceptors (Lipinski definition) is 2. The molecule has 3 rings (SSSR count). The fraction of sp³-hybridized carbons (Fsp3) is 0.471. The number of likely N-dealkylation sites (tertiary alicyclic amines) is 1. The molecule has 2 heterocycles. The van der Waals surface area contributed by atoms with Crippen molar-refractivity contribution in [1.82, 2.24) is 14.0 Å². The second kappa shape index (κ2) is 6.31. The van der Waals surface area contributed by atoms with Gasteiger partial charge in [0.2, 0.25) is 0 Å². The Bertz CT molecular complexity index is 694. The highest BCUT2D eigenvalue weighted by atomic mass is 35.5. The summed E-state index contributed by atoms with van der Waals surface area (Å²) in [5.74, 6) is 0.799. The van der Waals surface area contributed by atoms with Crippen LogP contribution in [0.4, 0.5) is 0 Å². The molecule has 0 atom stereocenters. The number of rotatable bonds is 3. The second-order valence-electron chi connectivity index (χ2n) is 6.28. The Morgan fingerprint density at radius 2 is 1.82 bits per heavy atom. The lowest BCUT2D eigenvalue weighted by Gasteiger charge is -2.29. The summed E-state index contributed by atoms with van der Waals surface area (Å²) in [4.78, 5) is 15.0. The van der Waals surface area contributed by atoms with Gasteiger partial charge in [-0.1, -0.05) is 18.5 Å². The van der Waals surface area contributed by atoms with Gasteiger partial charge < -0.3 is 0 Å². The summed E-state index contributed by atoms with van der Waals surface area (Å²) < 4.78 is 3.54. The largest absolute Gasteiger partial charge is 0.334 e. The van der Waals surface area contributed by atoms with E-state index in [0.29, 0.717) is 11.7 Å². The third kappa shape index (κ3) is 3.13. The number of benzene rings is 1. The van der Waals surface area contributed by atoms with Crippen LogP contribution in [0.5, 0.6) is 0 Å². The molecule has 0 aliphatic carbocycles. The molecule has 118 valence electrons. The Labute approximate surface area is 135 Å². The molecule has 1 aliphatic heterocycles. The van der Waals surface area contributed by atoms with E-state index in [1.807, 2.05) is 37.4 Å². The van der Waals surface area contributed by atoms with Crippen LogP contribution < -0.4 is 5.69 Å². The lowest BCUT2D eigenvalue weighted by atomic mass is 10.00. The van der Waals surface area contributed by atoms with E-state index < -0.39 is 0 Å². The summed E-state index contributed by atoms with van der Waals surface area (Å²) in [6, 6.07) is 7.38. The molecule has 2 aromatic rings. The highest BCUT2D eigenvalue weighted by molar-refractivity contribution is 6.30. The molecule has 4 nitrogen and oxygen atoms in total. The van der Waals surface area contributed by atoms with Crippen LogP contribution in [-0.4, -0.2) is 27.1 Å².